The Labute approximate surface area is 209 Å². The molecule has 0 fully saturated rings. The lowest BCUT2D eigenvalue weighted by Gasteiger charge is -2.21. The zero-order valence-electron chi connectivity index (χ0n) is 19.6. The van der Waals surface area contributed by atoms with E-state index in [2.05, 4.69) is 21.3 Å². The van der Waals surface area contributed by atoms with Crippen LogP contribution >= 0.6 is 0 Å². The third kappa shape index (κ3) is 8.35. The van der Waals surface area contributed by atoms with Crippen LogP contribution in [0.3, 0.4) is 0 Å². The molecule has 0 amide bonds. The molecule has 3 aromatic rings. The summed E-state index contributed by atoms with van der Waals surface area (Å²) < 4.78 is 77.2. The molecule has 6 nitrogen and oxygen atoms in total. The van der Waals surface area contributed by atoms with Crippen LogP contribution in [0.1, 0.15) is 27.8 Å². The predicted molar refractivity (Wildman–Crippen MR) is 127 cm³/mol. The first-order chi connectivity index (χ1) is 17.3. The van der Waals surface area contributed by atoms with Gasteiger partial charge in [-0.25, -0.2) is 0 Å². The van der Waals surface area contributed by atoms with Crippen LogP contribution in [-0.2, 0) is 25.4 Å². The fourth-order valence-electron chi connectivity index (χ4n) is 3.49. The molecule has 2 atom stereocenters. The highest BCUT2D eigenvalue weighted by Crippen LogP contribution is 2.30. The van der Waals surface area contributed by atoms with E-state index in [-0.39, 0.29) is 13.1 Å². The summed E-state index contributed by atoms with van der Waals surface area (Å²) in [5.41, 5.74) is 0.629. The second kappa shape index (κ2) is 11.8. The van der Waals surface area contributed by atoms with Crippen molar-refractivity contribution in [3.63, 3.8) is 0 Å². The van der Waals surface area contributed by atoms with E-state index in [4.69, 9.17) is 0 Å². The van der Waals surface area contributed by atoms with Crippen molar-refractivity contribution in [2.24, 2.45) is 0 Å². The molecule has 200 valence electrons. The van der Waals surface area contributed by atoms with Crippen molar-refractivity contribution in [1.82, 2.24) is 10.6 Å². The van der Waals surface area contributed by atoms with Gasteiger partial charge in [-0.3, -0.25) is 10.6 Å². The van der Waals surface area contributed by atoms with E-state index in [1.54, 1.807) is 25.1 Å². The number of benzene rings is 3. The van der Waals surface area contributed by atoms with Crippen LogP contribution in [0.5, 0.6) is 0 Å². The van der Waals surface area contributed by atoms with Gasteiger partial charge in [0.05, 0.1) is 11.1 Å². The maximum Gasteiger partial charge on any atom is 0.416 e. The molecule has 0 aromatic heterocycles. The average Bonchev–Trinajstić information content (AvgIpc) is 2.83. The number of nitrogens with one attached hydrogen (secondary N) is 4. The Morgan fingerprint density at radius 2 is 1.03 bits per heavy atom. The third-order valence-electron chi connectivity index (χ3n) is 5.43. The van der Waals surface area contributed by atoms with Gasteiger partial charge in [0.15, 0.2) is 12.7 Å². The van der Waals surface area contributed by atoms with E-state index >= 15 is 0 Å². The first kappa shape index (κ1) is 28.3. The normalized spacial score (nSPS) is 13.8. The molecule has 0 aliphatic rings. The zero-order valence-corrected chi connectivity index (χ0v) is 19.6. The van der Waals surface area contributed by atoms with Gasteiger partial charge in [0.2, 0.25) is 0 Å². The number of rotatable bonds is 10. The first-order valence-corrected chi connectivity index (χ1v) is 11.1. The summed E-state index contributed by atoms with van der Waals surface area (Å²) in [5, 5.41) is 31.5. The quantitative estimate of drug-likeness (QED) is 0.164. The lowest BCUT2D eigenvalue weighted by Crippen LogP contribution is -2.36. The zero-order chi connectivity index (χ0) is 27.2. The van der Waals surface area contributed by atoms with Crippen LogP contribution in [0.25, 0.3) is 0 Å². The minimum absolute atomic E-state index is 0.0345. The number of anilines is 2. The summed E-state index contributed by atoms with van der Waals surface area (Å²) in [4.78, 5) is 0. The molecule has 37 heavy (non-hydrogen) atoms. The van der Waals surface area contributed by atoms with Crippen molar-refractivity contribution in [3.05, 3.63) is 94.5 Å². The molecule has 3 rings (SSSR count). The molecule has 3 aromatic carbocycles. The molecule has 12 heteroatoms. The van der Waals surface area contributed by atoms with Crippen LogP contribution in [0, 0.1) is 6.92 Å². The summed E-state index contributed by atoms with van der Waals surface area (Å²) in [6.45, 7) is 1.63. The molecule has 0 aliphatic carbocycles. The van der Waals surface area contributed by atoms with E-state index in [0.717, 1.165) is 24.3 Å². The highest BCUT2D eigenvalue weighted by Gasteiger charge is 2.31. The Bertz CT molecular complexity index is 1100. The van der Waals surface area contributed by atoms with E-state index in [1.807, 2.05) is 0 Å². The lowest BCUT2D eigenvalue weighted by atomic mass is 10.1. The molecule has 0 saturated heterocycles. The van der Waals surface area contributed by atoms with Gasteiger partial charge in [-0.1, -0.05) is 42.5 Å². The topological polar surface area (TPSA) is 88.6 Å². The van der Waals surface area contributed by atoms with Gasteiger partial charge in [-0.15, -0.1) is 0 Å². The summed E-state index contributed by atoms with van der Waals surface area (Å²) in [6.07, 6.45) is -11.5. The van der Waals surface area contributed by atoms with Crippen LogP contribution < -0.4 is 21.3 Å². The van der Waals surface area contributed by atoms with Crippen molar-refractivity contribution >= 4 is 11.4 Å². The minimum atomic E-state index is -4.47. The largest absolute Gasteiger partial charge is 0.416 e. The Hall–Kier alpha value is -3.32. The molecule has 0 aliphatic heterocycles. The second-order valence-electron chi connectivity index (χ2n) is 8.23. The van der Waals surface area contributed by atoms with Crippen LogP contribution in [0.15, 0.2) is 66.7 Å². The van der Waals surface area contributed by atoms with Crippen molar-refractivity contribution < 1.29 is 36.6 Å². The van der Waals surface area contributed by atoms with Gasteiger partial charge < -0.3 is 20.8 Å². The SMILES string of the molecule is Cc1c(NC(O)NCc2cccc(C(F)(F)F)c2)cccc1NC(O)NCc1cccc(C(F)(F)F)c1. The maximum atomic E-state index is 12.9. The fraction of sp³-hybridized carbons (Fsp3) is 0.280. The van der Waals surface area contributed by atoms with Crippen molar-refractivity contribution in [3.8, 4) is 0 Å². The molecule has 0 radical (unpaired) electrons. The Balaban J connectivity index is 1.55. The summed E-state index contributed by atoms with van der Waals surface area (Å²) in [5.74, 6) is 0. The van der Waals surface area contributed by atoms with Crippen LogP contribution in [0.4, 0.5) is 37.7 Å². The number of alkyl halides is 6. The molecular weight excluding hydrogens is 502 g/mol. The van der Waals surface area contributed by atoms with Gasteiger partial charge in [-0.2, -0.15) is 26.3 Å². The Kier molecular flexibility index (Phi) is 9.02. The molecule has 0 saturated carbocycles. The van der Waals surface area contributed by atoms with Gasteiger partial charge in [-0.05, 0) is 47.9 Å². The van der Waals surface area contributed by atoms with Crippen LogP contribution in [0.2, 0.25) is 0 Å². The molecule has 0 spiro atoms. The maximum absolute atomic E-state index is 12.9. The Morgan fingerprint density at radius 3 is 1.41 bits per heavy atom. The molecule has 2 unspecified atom stereocenters. The number of halogens is 6. The average molecular weight is 528 g/mol. The second-order valence-corrected chi connectivity index (χ2v) is 8.23. The van der Waals surface area contributed by atoms with E-state index in [1.165, 1.54) is 24.3 Å². The van der Waals surface area contributed by atoms with Crippen molar-refractivity contribution in [2.45, 2.75) is 45.1 Å². The molecular formula is C25H26F6N4O2. The standard InChI is InChI=1S/C25H26F6N4O2/c1-15-20(34-22(36)32-13-16-5-2-7-18(11-16)24(26,27)28)9-4-10-21(15)35-23(37)33-14-17-6-3-8-19(12-17)25(29,30)31/h2-12,22-23,32-37H,13-14H2,1H3. The number of hydrogen-bond acceptors (Lipinski definition) is 6. The third-order valence-corrected chi connectivity index (χ3v) is 5.43. The number of aliphatic hydroxyl groups excluding tert-OH is 2. The van der Waals surface area contributed by atoms with Gasteiger partial charge >= 0.3 is 12.4 Å². The summed E-state index contributed by atoms with van der Waals surface area (Å²) >= 11 is 0. The van der Waals surface area contributed by atoms with E-state index in [9.17, 15) is 36.6 Å². The lowest BCUT2D eigenvalue weighted by molar-refractivity contribution is -0.138. The van der Waals surface area contributed by atoms with Crippen molar-refractivity contribution in [2.75, 3.05) is 10.6 Å². The number of aliphatic hydroxyl groups is 2. The van der Waals surface area contributed by atoms with Crippen molar-refractivity contribution in [1.29, 1.82) is 0 Å². The highest BCUT2D eigenvalue weighted by molar-refractivity contribution is 5.65. The van der Waals surface area contributed by atoms with Gasteiger partial charge in [0, 0.05) is 24.5 Å². The molecule has 0 heterocycles. The molecule has 0 bridgehead atoms. The summed E-state index contributed by atoms with van der Waals surface area (Å²) in [6, 6.07) is 14.4. The minimum Gasteiger partial charge on any atom is -0.361 e. The highest BCUT2D eigenvalue weighted by atomic mass is 19.4. The predicted octanol–water partition coefficient (Wildman–Crippen LogP) is 4.99. The van der Waals surface area contributed by atoms with E-state index in [0.29, 0.717) is 28.1 Å². The fourth-order valence-corrected chi connectivity index (χ4v) is 3.49. The Morgan fingerprint density at radius 1 is 0.649 bits per heavy atom. The summed E-state index contributed by atoms with van der Waals surface area (Å²) in [7, 11) is 0. The van der Waals surface area contributed by atoms with Gasteiger partial charge in [0.25, 0.3) is 0 Å². The van der Waals surface area contributed by atoms with Gasteiger partial charge in [0.1, 0.15) is 0 Å². The molecule has 6 N–H and O–H groups in total. The van der Waals surface area contributed by atoms with E-state index < -0.39 is 36.2 Å². The number of hydrogen-bond donors (Lipinski definition) is 6. The monoisotopic (exact) mass is 528 g/mol. The van der Waals surface area contributed by atoms with Crippen LogP contribution in [-0.4, -0.2) is 22.9 Å². The first-order valence-electron chi connectivity index (χ1n) is 11.1. The smallest absolute Gasteiger partial charge is 0.361 e.